The molecule has 2 N–H and O–H groups in total. The second-order valence-electron chi connectivity index (χ2n) is 6.72. The number of aromatic nitrogens is 2. The largest absolute Gasteiger partial charge is 0.356 e. The predicted molar refractivity (Wildman–Crippen MR) is 105 cm³/mol. The van der Waals surface area contributed by atoms with E-state index in [0.29, 0.717) is 42.6 Å². The van der Waals surface area contributed by atoms with Crippen molar-refractivity contribution in [1.29, 1.82) is 0 Å². The van der Waals surface area contributed by atoms with Gasteiger partial charge in [0.05, 0.1) is 5.52 Å². The Kier molecular flexibility index (Phi) is 6.44. The van der Waals surface area contributed by atoms with Gasteiger partial charge < -0.3 is 10.3 Å². The number of hydrogen-bond donors (Lipinski definition) is 2. The van der Waals surface area contributed by atoms with Gasteiger partial charge in [-0.25, -0.2) is 4.79 Å². The summed E-state index contributed by atoms with van der Waals surface area (Å²) in [5.41, 5.74) is 1.42. The van der Waals surface area contributed by atoms with E-state index in [1.54, 1.807) is 11.4 Å². The number of H-pyrrole nitrogens is 1. The third-order valence-electron chi connectivity index (χ3n) is 4.78. The molecule has 7 heteroatoms. The zero-order valence-electron chi connectivity index (χ0n) is 14.9. The van der Waals surface area contributed by atoms with Crippen LogP contribution in [0, 0.1) is 0 Å². The first kappa shape index (κ1) is 18.6. The van der Waals surface area contributed by atoms with Crippen molar-refractivity contribution in [2.24, 2.45) is 0 Å². The average Bonchev–Trinajstić information content (AvgIpc) is 3.10. The van der Waals surface area contributed by atoms with E-state index in [1.165, 1.54) is 40.7 Å². The van der Waals surface area contributed by atoms with E-state index >= 15 is 0 Å². The fourth-order valence-electron chi connectivity index (χ4n) is 3.31. The second kappa shape index (κ2) is 8.98. The summed E-state index contributed by atoms with van der Waals surface area (Å²) in [4.78, 5) is 38.9. The molecule has 2 aromatic heterocycles. The molecule has 3 rings (SSSR count). The zero-order chi connectivity index (χ0) is 18.4. The average molecular weight is 375 g/mol. The number of nitrogens with zero attached hydrogens (tertiary/aromatic N) is 1. The lowest BCUT2D eigenvalue weighted by molar-refractivity contribution is -0.121. The molecule has 0 saturated carbocycles. The number of hydrogen-bond acceptors (Lipinski definition) is 4. The number of carbonyl (C=O) groups is 1. The van der Waals surface area contributed by atoms with Gasteiger partial charge in [0.1, 0.15) is 4.70 Å². The molecule has 140 valence electrons. The van der Waals surface area contributed by atoms with Crippen LogP contribution in [0.4, 0.5) is 0 Å². The lowest BCUT2D eigenvalue weighted by atomic mass is 9.97. The minimum atomic E-state index is -0.383. The fraction of sp³-hybridized carbons (Fsp3) is 0.526. The highest BCUT2D eigenvalue weighted by Gasteiger charge is 2.09. The number of carbonyl (C=O) groups excluding carboxylic acids is 1. The summed E-state index contributed by atoms with van der Waals surface area (Å²) in [6.07, 6.45) is 9.81. The molecule has 26 heavy (non-hydrogen) atoms. The van der Waals surface area contributed by atoms with Crippen LogP contribution in [0.5, 0.6) is 0 Å². The molecule has 0 aliphatic heterocycles. The maximum absolute atomic E-state index is 12.3. The topological polar surface area (TPSA) is 84.0 Å². The Morgan fingerprint density at radius 3 is 2.96 bits per heavy atom. The summed E-state index contributed by atoms with van der Waals surface area (Å²) in [5.74, 6) is 0.0383. The van der Waals surface area contributed by atoms with Crippen LogP contribution < -0.4 is 16.6 Å². The predicted octanol–water partition coefficient (Wildman–Crippen LogP) is 2.93. The summed E-state index contributed by atoms with van der Waals surface area (Å²) in [7, 11) is 0. The van der Waals surface area contributed by atoms with Crippen LogP contribution in [0.1, 0.15) is 51.4 Å². The normalized spacial score (nSPS) is 14.4. The molecule has 6 nitrogen and oxygen atoms in total. The van der Waals surface area contributed by atoms with Crippen LogP contribution >= 0.6 is 11.3 Å². The van der Waals surface area contributed by atoms with Gasteiger partial charge in [0, 0.05) is 19.5 Å². The Balaban J connectivity index is 1.40. The van der Waals surface area contributed by atoms with E-state index in [4.69, 9.17) is 0 Å². The summed E-state index contributed by atoms with van der Waals surface area (Å²) in [6, 6.07) is 1.74. The minimum absolute atomic E-state index is 0.0383. The first-order valence-electron chi connectivity index (χ1n) is 9.30. The van der Waals surface area contributed by atoms with Crippen molar-refractivity contribution in [2.45, 2.75) is 57.9 Å². The van der Waals surface area contributed by atoms with Crippen LogP contribution in [-0.4, -0.2) is 22.0 Å². The van der Waals surface area contributed by atoms with Crippen molar-refractivity contribution < 1.29 is 4.79 Å². The third kappa shape index (κ3) is 4.72. The molecule has 1 aliphatic rings. The van der Waals surface area contributed by atoms with Crippen molar-refractivity contribution in [1.82, 2.24) is 14.9 Å². The van der Waals surface area contributed by atoms with Gasteiger partial charge in [0.25, 0.3) is 5.56 Å². The van der Waals surface area contributed by atoms with Gasteiger partial charge in [-0.2, -0.15) is 0 Å². The van der Waals surface area contributed by atoms with Crippen LogP contribution in [0.3, 0.4) is 0 Å². The molecule has 0 radical (unpaired) electrons. The SMILES string of the molecule is O=C(CCCCn1c(=O)[nH]c2ccsc2c1=O)NCCC1=CCCCC1. The molecular formula is C19H25N3O3S. The molecule has 0 unspecified atom stereocenters. The molecule has 0 atom stereocenters. The second-order valence-corrected chi connectivity index (χ2v) is 7.63. The summed E-state index contributed by atoms with van der Waals surface area (Å²) in [6.45, 7) is 1.03. The van der Waals surface area contributed by atoms with Crippen LogP contribution in [0.25, 0.3) is 10.2 Å². The Morgan fingerprint density at radius 2 is 2.15 bits per heavy atom. The Bertz CT molecular complexity index is 907. The van der Waals surface area contributed by atoms with Crippen molar-refractivity contribution >= 4 is 27.5 Å². The van der Waals surface area contributed by atoms with Gasteiger partial charge >= 0.3 is 5.69 Å². The van der Waals surface area contributed by atoms with E-state index in [1.807, 2.05) is 0 Å². The van der Waals surface area contributed by atoms with E-state index < -0.39 is 0 Å². The van der Waals surface area contributed by atoms with Crippen molar-refractivity contribution in [3.8, 4) is 0 Å². The molecule has 0 fully saturated rings. The lowest BCUT2D eigenvalue weighted by Crippen LogP contribution is -2.34. The number of rotatable bonds is 8. The monoisotopic (exact) mass is 375 g/mol. The highest BCUT2D eigenvalue weighted by molar-refractivity contribution is 7.17. The molecule has 0 aromatic carbocycles. The first-order chi connectivity index (χ1) is 12.6. The fourth-order valence-corrected chi connectivity index (χ4v) is 4.11. The van der Waals surface area contributed by atoms with Crippen LogP contribution in [0.2, 0.25) is 0 Å². The van der Waals surface area contributed by atoms with Gasteiger partial charge in [-0.15, -0.1) is 11.3 Å². The van der Waals surface area contributed by atoms with E-state index in [2.05, 4.69) is 16.4 Å². The molecule has 0 saturated heterocycles. The number of unbranched alkanes of at least 4 members (excludes halogenated alkanes) is 1. The Morgan fingerprint density at radius 1 is 1.27 bits per heavy atom. The number of aromatic amines is 1. The van der Waals surface area contributed by atoms with Gasteiger partial charge in [0.15, 0.2) is 0 Å². The van der Waals surface area contributed by atoms with Gasteiger partial charge in [-0.3, -0.25) is 14.2 Å². The zero-order valence-corrected chi connectivity index (χ0v) is 15.7. The molecule has 1 aliphatic carbocycles. The quantitative estimate of drug-likeness (QED) is 0.550. The molecule has 0 bridgehead atoms. The first-order valence-corrected chi connectivity index (χ1v) is 10.2. The maximum Gasteiger partial charge on any atom is 0.328 e. The third-order valence-corrected chi connectivity index (χ3v) is 5.68. The highest BCUT2D eigenvalue weighted by Crippen LogP contribution is 2.19. The highest BCUT2D eigenvalue weighted by atomic mass is 32.1. The van der Waals surface area contributed by atoms with Crippen LogP contribution in [-0.2, 0) is 11.3 Å². The van der Waals surface area contributed by atoms with Gasteiger partial charge in [-0.05, 0) is 56.4 Å². The molecular weight excluding hydrogens is 350 g/mol. The molecule has 2 aromatic rings. The van der Waals surface area contributed by atoms with Crippen molar-refractivity contribution in [2.75, 3.05) is 6.54 Å². The van der Waals surface area contributed by atoms with E-state index in [-0.39, 0.29) is 17.2 Å². The smallest absolute Gasteiger partial charge is 0.328 e. The number of thiophene rings is 1. The Labute approximate surface area is 155 Å². The summed E-state index contributed by atoms with van der Waals surface area (Å²) in [5, 5.41) is 4.75. The molecule has 0 spiro atoms. The minimum Gasteiger partial charge on any atom is -0.356 e. The van der Waals surface area contributed by atoms with Gasteiger partial charge in [-0.1, -0.05) is 11.6 Å². The lowest BCUT2D eigenvalue weighted by Gasteiger charge is -2.13. The van der Waals surface area contributed by atoms with Gasteiger partial charge in [0.2, 0.25) is 5.91 Å². The molecule has 2 heterocycles. The summed E-state index contributed by atoms with van der Waals surface area (Å²) >= 11 is 1.33. The maximum atomic E-state index is 12.3. The summed E-state index contributed by atoms with van der Waals surface area (Å²) < 4.78 is 1.80. The van der Waals surface area contributed by atoms with Crippen LogP contribution in [0.15, 0.2) is 32.7 Å². The number of amides is 1. The number of fused-ring (bicyclic) bond motifs is 1. The number of allylic oxidation sites excluding steroid dienone is 1. The molecule has 1 amide bonds. The standard InChI is InChI=1S/C19H25N3O3S/c23-16(20-11-9-14-6-2-1-3-7-14)8-4-5-12-22-18(24)17-15(10-13-26-17)21-19(22)25/h6,10,13H,1-5,7-9,11-12H2,(H,20,23)(H,21,25). The van der Waals surface area contributed by atoms with E-state index in [0.717, 1.165) is 12.8 Å². The number of nitrogens with one attached hydrogen (secondary N) is 2. The Hall–Kier alpha value is -2.15. The van der Waals surface area contributed by atoms with Crippen molar-refractivity contribution in [3.63, 3.8) is 0 Å². The van der Waals surface area contributed by atoms with Crippen molar-refractivity contribution in [3.05, 3.63) is 43.9 Å². The van der Waals surface area contributed by atoms with E-state index in [9.17, 15) is 14.4 Å².